The summed E-state index contributed by atoms with van der Waals surface area (Å²) < 4.78 is 20.1. The lowest BCUT2D eigenvalue weighted by Gasteiger charge is -2.25. The molecule has 1 aliphatic heterocycles. The van der Waals surface area contributed by atoms with E-state index in [0.29, 0.717) is 19.9 Å². The summed E-state index contributed by atoms with van der Waals surface area (Å²) in [5, 5.41) is 12.8. The Hall–Kier alpha value is -2.03. The molecule has 0 amide bonds. The average molecular weight is 539 g/mol. The molecule has 2 aromatic carbocycles. The quantitative estimate of drug-likeness (QED) is 0.164. The second-order valence-corrected chi connectivity index (χ2v) is 17.4. The molecule has 208 valence electrons. The van der Waals surface area contributed by atoms with Gasteiger partial charge in [-0.05, 0) is 42.1 Å². The maximum Gasteiger partial charge on any atom is 0.168 e. The summed E-state index contributed by atoms with van der Waals surface area (Å²) in [6, 6.07) is 16.1. The third kappa shape index (κ3) is 7.54. The van der Waals surface area contributed by atoms with Crippen LogP contribution in [0.5, 0.6) is 0 Å². The molecule has 1 saturated heterocycles. The van der Waals surface area contributed by atoms with Gasteiger partial charge in [-0.3, -0.25) is 0 Å². The number of aliphatic hydroxyl groups is 1. The van der Waals surface area contributed by atoms with E-state index in [1.165, 1.54) is 10.8 Å². The molecule has 1 aromatic heterocycles. The highest BCUT2D eigenvalue weighted by molar-refractivity contribution is 6.76. The first-order chi connectivity index (χ1) is 18.3. The highest BCUT2D eigenvalue weighted by atomic mass is 28.3. The largest absolute Gasteiger partial charge is 0.396 e. The first-order valence-electron chi connectivity index (χ1n) is 14.4. The van der Waals surface area contributed by atoms with Gasteiger partial charge in [0.05, 0.1) is 31.7 Å². The number of unbranched alkanes of at least 4 members (excludes halogenated alkanes) is 2. The Morgan fingerprint density at radius 2 is 1.82 bits per heavy atom. The monoisotopic (exact) mass is 538 g/mol. The standard InChI is InChI=1S/C31H46N2O4Si/c1-5-31(36-17-18-37-31)16-10-6-7-13-28(23-34)30-32-22-29(33(30)24-35-19-20-38(2,3)4)27-15-14-25-11-8-9-12-26(25)21-27/h8-9,11-12,14-15,21-22,28,34H,5-7,10,13,16-20,23-24H2,1-4H3. The van der Waals surface area contributed by atoms with Crippen LogP contribution in [0, 0.1) is 0 Å². The summed E-state index contributed by atoms with van der Waals surface area (Å²) in [6.45, 7) is 11.9. The molecule has 0 saturated carbocycles. The Morgan fingerprint density at radius 3 is 2.53 bits per heavy atom. The van der Waals surface area contributed by atoms with Crippen LogP contribution in [-0.2, 0) is 20.9 Å². The fraction of sp³-hybridized carbons (Fsp3) is 0.581. The van der Waals surface area contributed by atoms with Crippen molar-refractivity contribution < 1.29 is 19.3 Å². The highest BCUT2D eigenvalue weighted by Gasteiger charge is 2.33. The molecule has 1 aliphatic rings. The Labute approximate surface area is 229 Å². The van der Waals surface area contributed by atoms with E-state index in [1.54, 1.807) is 0 Å². The summed E-state index contributed by atoms with van der Waals surface area (Å²) in [4.78, 5) is 4.85. The molecule has 0 spiro atoms. The molecule has 2 heterocycles. The molecule has 0 radical (unpaired) electrons. The normalized spacial score (nSPS) is 16.3. The van der Waals surface area contributed by atoms with Gasteiger partial charge in [-0.25, -0.2) is 4.98 Å². The summed E-state index contributed by atoms with van der Waals surface area (Å²) >= 11 is 0. The zero-order valence-electron chi connectivity index (χ0n) is 23.7. The second-order valence-electron chi connectivity index (χ2n) is 11.8. The fourth-order valence-corrected chi connectivity index (χ4v) is 6.01. The Bertz CT molecular complexity index is 1150. The van der Waals surface area contributed by atoms with Gasteiger partial charge in [0.15, 0.2) is 5.79 Å². The number of fused-ring (bicyclic) bond motifs is 1. The van der Waals surface area contributed by atoms with E-state index in [1.807, 2.05) is 6.20 Å². The van der Waals surface area contributed by atoms with Crippen LogP contribution in [0.2, 0.25) is 25.7 Å². The van der Waals surface area contributed by atoms with E-state index in [2.05, 4.69) is 73.6 Å². The van der Waals surface area contributed by atoms with E-state index < -0.39 is 8.07 Å². The van der Waals surface area contributed by atoms with E-state index >= 15 is 0 Å². The SMILES string of the molecule is CCC1(CCCCCC(CO)c2ncc(-c3ccc4ccccc4c3)n2COCC[Si](C)(C)C)OCCO1. The highest BCUT2D eigenvalue weighted by Crippen LogP contribution is 2.32. The number of rotatable bonds is 15. The van der Waals surface area contributed by atoms with Crippen molar-refractivity contribution in [1.82, 2.24) is 9.55 Å². The minimum absolute atomic E-state index is 0.0242. The first-order valence-corrected chi connectivity index (χ1v) is 18.1. The summed E-state index contributed by atoms with van der Waals surface area (Å²) in [6.07, 6.45) is 7.82. The average Bonchev–Trinajstić information content (AvgIpc) is 3.56. The predicted octanol–water partition coefficient (Wildman–Crippen LogP) is 7.20. The van der Waals surface area contributed by atoms with Gasteiger partial charge in [0.1, 0.15) is 12.6 Å². The van der Waals surface area contributed by atoms with E-state index in [0.717, 1.165) is 68.3 Å². The number of hydrogen-bond acceptors (Lipinski definition) is 5. The van der Waals surface area contributed by atoms with E-state index in [-0.39, 0.29) is 18.3 Å². The van der Waals surface area contributed by atoms with Gasteiger partial charge >= 0.3 is 0 Å². The molecule has 1 N–H and O–H groups in total. The number of hydrogen-bond donors (Lipinski definition) is 1. The topological polar surface area (TPSA) is 65.7 Å². The van der Waals surface area contributed by atoms with Crippen LogP contribution >= 0.6 is 0 Å². The minimum Gasteiger partial charge on any atom is -0.396 e. The van der Waals surface area contributed by atoms with Crippen LogP contribution in [0.1, 0.15) is 57.2 Å². The summed E-state index contributed by atoms with van der Waals surface area (Å²) in [5.41, 5.74) is 2.16. The number of aromatic nitrogens is 2. The van der Waals surface area contributed by atoms with E-state index in [4.69, 9.17) is 19.2 Å². The number of nitrogens with zero attached hydrogens (tertiary/aromatic N) is 2. The molecule has 6 nitrogen and oxygen atoms in total. The van der Waals surface area contributed by atoms with Gasteiger partial charge in [0, 0.05) is 32.6 Å². The van der Waals surface area contributed by atoms with Crippen LogP contribution in [0.3, 0.4) is 0 Å². The number of ether oxygens (including phenoxy) is 3. The molecule has 4 rings (SSSR count). The lowest BCUT2D eigenvalue weighted by molar-refractivity contribution is -0.164. The van der Waals surface area contributed by atoms with Gasteiger partial charge < -0.3 is 23.9 Å². The van der Waals surface area contributed by atoms with Crippen molar-refractivity contribution in [2.75, 3.05) is 26.4 Å². The van der Waals surface area contributed by atoms with Crippen molar-refractivity contribution in [2.45, 2.75) is 89.6 Å². The van der Waals surface area contributed by atoms with Gasteiger partial charge in [-0.2, -0.15) is 0 Å². The van der Waals surface area contributed by atoms with Crippen molar-refractivity contribution >= 4 is 18.8 Å². The maximum atomic E-state index is 10.4. The molecule has 0 aliphatic carbocycles. The zero-order valence-corrected chi connectivity index (χ0v) is 24.7. The molecular formula is C31H46N2O4Si. The van der Waals surface area contributed by atoms with Crippen LogP contribution in [0.4, 0.5) is 0 Å². The second kappa shape index (κ2) is 13.4. The van der Waals surface area contributed by atoms with Crippen molar-refractivity contribution in [3.05, 3.63) is 54.5 Å². The van der Waals surface area contributed by atoms with Gasteiger partial charge in [0.25, 0.3) is 0 Å². The zero-order chi connectivity index (χ0) is 27.0. The van der Waals surface area contributed by atoms with Crippen molar-refractivity contribution in [1.29, 1.82) is 0 Å². The van der Waals surface area contributed by atoms with Crippen LogP contribution in [0.25, 0.3) is 22.0 Å². The predicted molar refractivity (Wildman–Crippen MR) is 157 cm³/mol. The molecule has 0 bridgehead atoms. The molecule has 1 atom stereocenters. The Kier molecular flexibility index (Phi) is 10.2. The summed E-state index contributed by atoms with van der Waals surface area (Å²) in [5.74, 6) is 0.509. The molecule has 38 heavy (non-hydrogen) atoms. The smallest absolute Gasteiger partial charge is 0.168 e. The van der Waals surface area contributed by atoms with Gasteiger partial charge in [-0.15, -0.1) is 0 Å². The summed E-state index contributed by atoms with van der Waals surface area (Å²) in [7, 11) is -1.18. The van der Waals surface area contributed by atoms with Gasteiger partial charge in [0.2, 0.25) is 0 Å². The third-order valence-electron chi connectivity index (χ3n) is 7.70. The lowest BCUT2D eigenvalue weighted by atomic mass is 9.98. The molecule has 1 unspecified atom stereocenters. The fourth-order valence-electron chi connectivity index (χ4n) is 5.25. The maximum absolute atomic E-state index is 10.4. The minimum atomic E-state index is -1.18. The van der Waals surface area contributed by atoms with Crippen LogP contribution < -0.4 is 0 Å². The van der Waals surface area contributed by atoms with Crippen molar-refractivity contribution in [3.8, 4) is 11.3 Å². The van der Waals surface area contributed by atoms with E-state index in [9.17, 15) is 5.11 Å². The van der Waals surface area contributed by atoms with Crippen LogP contribution in [-0.4, -0.2) is 54.9 Å². The Balaban J connectivity index is 1.46. The number of aliphatic hydroxyl groups excluding tert-OH is 1. The number of imidazole rings is 1. The van der Waals surface area contributed by atoms with Gasteiger partial charge in [-0.1, -0.05) is 75.8 Å². The molecule has 3 aromatic rings. The van der Waals surface area contributed by atoms with Crippen LogP contribution in [0.15, 0.2) is 48.7 Å². The first kappa shape index (κ1) is 29.0. The van der Waals surface area contributed by atoms with Crippen molar-refractivity contribution in [2.24, 2.45) is 0 Å². The molecular weight excluding hydrogens is 492 g/mol. The number of benzene rings is 2. The van der Waals surface area contributed by atoms with Crippen molar-refractivity contribution in [3.63, 3.8) is 0 Å². The Morgan fingerprint density at radius 1 is 1.05 bits per heavy atom. The third-order valence-corrected chi connectivity index (χ3v) is 9.40. The molecule has 7 heteroatoms. The lowest BCUT2D eigenvalue weighted by Crippen LogP contribution is -2.28. The molecule has 1 fully saturated rings.